The van der Waals surface area contributed by atoms with E-state index in [-0.39, 0.29) is 0 Å². The van der Waals surface area contributed by atoms with Crippen molar-refractivity contribution >= 4 is 0 Å². The quantitative estimate of drug-likeness (QED) is 0.806. The molecule has 0 saturated carbocycles. The van der Waals surface area contributed by atoms with Crippen LogP contribution in [-0.4, -0.2) is 10.2 Å². The number of aliphatic hydroxyl groups is 2. The maximum atomic E-state index is 9.92. The van der Waals surface area contributed by atoms with Gasteiger partial charge in [-0.3, -0.25) is 0 Å². The molecular formula is C16H16O2. The zero-order valence-electron chi connectivity index (χ0n) is 9.98. The van der Waals surface area contributed by atoms with Gasteiger partial charge < -0.3 is 10.2 Å². The van der Waals surface area contributed by atoms with E-state index in [2.05, 4.69) is 0 Å². The molecule has 0 amide bonds. The first-order valence-corrected chi connectivity index (χ1v) is 5.92. The fourth-order valence-electron chi connectivity index (χ4n) is 1.73. The van der Waals surface area contributed by atoms with Crippen LogP contribution >= 0.6 is 0 Å². The van der Waals surface area contributed by atoms with Crippen LogP contribution in [0.15, 0.2) is 72.8 Å². The summed E-state index contributed by atoms with van der Waals surface area (Å²) in [4.78, 5) is 0. The molecule has 2 N–H and O–H groups in total. The molecule has 0 aliphatic carbocycles. The van der Waals surface area contributed by atoms with Gasteiger partial charge in [-0.2, -0.15) is 0 Å². The lowest BCUT2D eigenvalue weighted by Crippen LogP contribution is -1.96. The Balaban J connectivity index is 2.03. The summed E-state index contributed by atoms with van der Waals surface area (Å²) >= 11 is 0. The van der Waals surface area contributed by atoms with Crippen molar-refractivity contribution in [2.45, 2.75) is 12.2 Å². The Morgan fingerprint density at radius 1 is 0.611 bits per heavy atom. The Kier molecular flexibility index (Phi) is 4.29. The summed E-state index contributed by atoms with van der Waals surface area (Å²) < 4.78 is 0. The standard InChI is InChI=1S/C16H16O2/c17-15(13-7-3-1-4-8-13)11-12-16(18)14-9-5-2-6-10-14/h1-12,15-18H/b12-11-. The molecule has 2 unspecified atom stereocenters. The normalized spacial score (nSPS) is 14.6. The first-order valence-electron chi connectivity index (χ1n) is 5.92. The molecule has 2 heteroatoms. The van der Waals surface area contributed by atoms with Crippen molar-refractivity contribution in [1.29, 1.82) is 0 Å². The van der Waals surface area contributed by atoms with Crippen LogP contribution < -0.4 is 0 Å². The number of aliphatic hydroxyl groups excluding tert-OH is 2. The molecule has 0 saturated heterocycles. The van der Waals surface area contributed by atoms with E-state index >= 15 is 0 Å². The Hall–Kier alpha value is -1.90. The molecule has 2 aromatic carbocycles. The van der Waals surface area contributed by atoms with Gasteiger partial charge in [0, 0.05) is 0 Å². The third-order valence-electron chi connectivity index (χ3n) is 2.76. The fourth-order valence-corrected chi connectivity index (χ4v) is 1.73. The van der Waals surface area contributed by atoms with Crippen LogP contribution in [0, 0.1) is 0 Å². The highest BCUT2D eigenvalue weighted by molar-refractivity contribution is 5.24. The Labute approximate surface area is 107 Å². The Morgan fingerprint density at radius 2 is 0.944 bits per heavy atom. The van der Waals surface area contributed by atoms with Crippen molar-refractivity contribution in [3.63, 3.8) is 0 Å². The highest BCUT2D eigenvalue weighted by Crippen LogP contribution is 2.18. The summed E-state index contributed by atoms with van der Waals surface area (Å²) in [5.74, 6) is 0. The maximum Gasteiger partial charge on any atom is 0.0972 e. The molecule has 92 valence electrons. The van der Waals surface area contributed by atoms with Crippen molar-refractivity contribution in [2.75, 3.05) is 0 Å². The third-order valence-corrected chi connectivity index (χ3v) is 2.76. The van der Waals surface area contributed by atoms with Crippen molar-refractivity contribution in [3.8, 4) is 0 Å². The van der Waals surface area contributed by atoms with Crippen LogP contribution in [0.4, 0.5) is 0 Å². The number of rotatable bonds is 4. The summed E-state index contributed by atoms with van der Waals surface area (Å²) in [5, 5.41) is 19.8. The van der Waals surface area contributed by atoms with Gasteiger partial charge in [-0.1, -0.05) is 72.8 Å². The van der Waals surface area contributed by atoms with E-state index in [4.69, 9.17) is 0 Å². The van der Waals surface area contributed by atoms with Gasteiger partial charge >= 0.3 is 0 Å². The van der Waals surface area contributed by atoms with Crippen LogP contribution in [-0.2, 0) is 0 Å². The Morgan fingerprint density at radius 3 is 1.28 bits per heavy atom. The van der Waals surface area contributed by atoms with Gasteiger partial charge in [0.1, 0.15) is 0 Å². The molecule has 18 heavy (non-hydrogen) atoms. The zero-order valence-corrected chi connectivity index (χ0v) is 9.98. The maximum absolute atomic E-state index is 9.92. The highest BCUT2D eigenvalue weighted by Gasteiger charge is 2.05. The molecule has 0 aliphatic heterocycles. The van der Waals surface area contributed by atoms with E-state index in [0.717, 1.165) is 11.1 Å². The van der Waals surface area contributed by atoms with E-state index < -0.39 is 12.2 Å². The largest absolute Gasteiger partial charge is 0.384 e. The van der Waals surface area contributed by atoms with Gasteiger partial charge in [-0.15, -0.1) is 0 Å². The first kappa shape index (κ1) is 12.6. The monoisotopic (exact) mass is 240 g/mol. The van der Waals surface area contributed by atoms with E-state index in [1.54, 1.807) is 12.2 Å². The number of hydrogen-bond donors (Lipinski definition) is 2. The minimum absolute atomic E-state index is 0.690. The SMILES string of the molecule is OC(/C=C\C(O)c1ccccc1)c1ccccc1. The number of benzene rings is 2. The van der Waals surface area contributed by atoms with Gasteiger partial charge in [0.25, 0.3) is 0 Å². The van der Waals surface area contributed by atoms with Gasteiger partial charge in [0.05, 0.1) is 12.2 Å². The van der Waals surface area contributed by atoms with Crippen molar-refractivity contribution in [3.05, 3.63) is 83.9 Å². The molecule has 0 spiro atoms. The third kappa shape index (κ3) is 3.29. The summed E-state index contributed by atoms with van der Waals surface area (Å²) in [6, 6.07) is 18.7. The van der Waals surface area contributed by atoms with Crippen molar-refractivity contribution in [2.24, 2.45) is 0 Å². The van der Waals surface area contributed by atoms with Crippen molar-refractivity contribution in [1.82, 2.24) is 0 Å². The topological polar surface area (TPSA) is 40.5 Å². The average molecular weight is 240 g/mol. The van der Waals surface area contributed by atoms with Crippen LogP contribution in [0.2, 0.25) is 0 Å². The minimum atomic E-state index is -0.690. The van der Waals surface area contributed by atoms with Gasteiger partial charge in [-0.05, 0) is 11.1 Å². The summed E-state index contributed by atoms with van der Waals surface area (Å²) in [7, 11) is 0. The van der Waals surface area contributed by atoms with Gasteiger partial charge in [-0.25, -0.2) is 0 Å². The molecule has 2 rings (SSSR count). The van der Waals surface area contributed by atoms with E-state index in [0.29, 0.717) is 0 Å². The molecule has 2 aromatic rings. The van der Waals surface area contributed by atoms with Gasteiger partial charge in [0.15, 0.2) is 0 Å². The fraction of sp³-hybridized carbons (Fsp3) is 0.125. The molecule has 0 bridgehead atoms. The summed E-state index contributed by atoms with van der Waals surface area (Å²) in [6.07, 6.45) is 1.83. The molecule has 0 radical (unpaired) electrons. The molecule has 2 atom stereocenters. The lowest BCUT2D eigenvalue weighted by atomic mass is 10.1. The molecule has 0 aromatic heterocycles. The van der Waals surface area contributed by atoms with E-state index in [1.165, 1.54) is 0 Å². The van der Waals surface area contributed by atoms with Crippen LogP contribution in [0.1, 0.15) is 23.3 Å². The van der Waals surface area contributed by atoms with Crippen LogP contribution in [0.3, 0.4) is 0 Å². The molecule has 0 aliphatic rings. The molecule has 0 heterocycles. The predicted octanol–water partition coefficient (Wildman–Crippen LogP) is 3.01. The zero-order chi connectivity index (χ0) is 12.8. The lowest BCUT2D eigenvalue weighted by molar-refractivity contribution is 0.212. The second-order valence-electron chi connectivity index (χ2n) is 4.10. The van der Waals surface area contributed by atoms with Crippen LogP contribution in [0.5, 0.6) is 0 Å². The first-order chi connectivity index (χ1) is 8.77. The van der Waals surface area contributed by atoms with E-state index in [9.17, 15) is 10.2 Å². The highest BCUT2D eigenvalue weighted by atomic mass is 16.3. The Bertz CT molecular complexity index is 444. The molecular weight excluding hydrogens is 224 g/mol. The van der Waals surface area contributed by atoms with Gasteiger partial charge in [0.2, 0.25) is 0 Å². The molecule has 0 fully saturated rings. The summed E-state index contributed by atoms with van der Waals surface area (Å²) in [6.45, 7) is 0. The van der Waals surface area contributed by atoms with E-state index in [1.807, 2.05) is 60.7 Å². The second kappa shape index (κ2) is 6.15. The molecule has 2 nitrogen and oxygen atoms in total. The average Bonchev–Trinajstić information content (AvgIpc) is 2.46. The number of hydrogen-bond acceptors (Lipinski definition) is 2. The van der Waals surface area contributed by atoms with Crippen LogP contribution in [0.25, 0.3) is 0 Å². The minimum Gasteiger partial charge on any atom is -0.384 e. The summed E-state index contributed by atoms with van der Waals surface area (Å²) in [5.41, 5.74) is 1.63. The second-order valence-corrected chi connectivity index (χ2v) is 4.10. The smallest absolute Gasteiger partial charge is 0.0972 e. The van der Waals surface area contributed by atoms with Crippen molar-refractivity contribution < 1.29 is 10.2 Å². The predicted molar refractivity (Wildman–Crippen MR) is 71.9 cm³/mol. The lowest BCUT2D eigenvalue weighted by Gasteiger charge is -2.08.